The number of halogens is 2. The van der Waals surface area contributed by atoms with Crippen molar-refractivity contribution < 1.29 is 4.79 Å². The molecule has 5 heteroatoms. The molecule has 1 amide bonds. The number of carbonyl (C=O) groups is 1. The highest BCUT2D eigenvalue weighted by molar-refractivity contribution is 9.10. The minimum atomic E-state index is -0.211. The van der Waals surface area contributed by atoms with E-state index in [9.17, 15) is 4.79 Å². The minimum absolute atomic E-state index is 0.0180. The zero-order chi connectivity index (χ0) is 14.5. The molecule has 2 aromatic rings. The standard InChI is InChI=1S/C15H14BrClN2O/c1-10(8-11-2-4-12(16)5-3-11)19-15(20)14-9-13(17)6-7-18-14/h2-7,9-10H,8H2,1H3,(H,19,20). The zero-order valence-electron chi connectivity index (χ0n) is 10.9. The number of hydrogen-bond donors (Lipinski definition) is 1. The molecule has 1 aromatic heterocycles. The maximum absolute atomic E-state index is 12.0. The van der Waals surface area contributed by atoms with Gasteiger partial charge in [0.2, 0.25) is 0 Å². The number of rotatable bonds is 4. The van der Waals surface area contributed by atoms with E-state index in [4.69, 9.17) is 11.6 Å². The first-order valence-electron chi connectivity index (χ1n) is 6.21. The summed E-state index contributed by atoms with van der Waals surface area (Å²) < 4.78 is 1.04. The summed E-state index contributed by atoms with van der Waals surface area (Å²) in [6.45, 7) is 1.96. The van der Waals surface area contributed by atoms with Gasteiger partial charge in [0.05, 0.1) is 0 Å². The smallest absolute Gasteiger partial charge is 0.270 e. The van der Waals surface area contributed by atoms with Crippen molar-refractivity contribution in [2.24, 2.45) is 0 Å². The maximum atomic E-state index is 12.0. The molecule has 3 nitrogen and oxygen atoms in total. The van der Waals surface area contributed by atoms with Gasteiger partial charge in [-0.05, 0) is 43.2 Å². The summed E-state index contributed by atoms with van der Waals surface area (Å²) in [6.07, 6.45) is 2.29. The second-order valence-corrected chi connectivity index (χ2v) is 5.92. The Balaban J connectivity index is 1.95. The van der Waals surface area contributed by atoms with Gasteiger partial charge in [0.1, 0.15) is 5.69 Å². The molecule has 0 aliphatic carbocycles. The first-order valence-corrected chi connectivity index (χ1v) is 7.38. The SMILES string of the molecule is CC(Cc1ccc(Br)cc1)NC(=O)c1cc(Cl)ccn1. The van der Waals surface area contributed by atoms with Gasteiger partial charge in [-0.1, -0.05) is 39.7 Å². The highest BCUT2D eigenvalue weighted by Crippen LogP contribution is 2.12. The van der Waals surface area contributed by atoms with Crippen molar-refractivity contribution in [3.63, 3.8) is 0 Å². The lowest BCUT2D eigenvalue weighted by Gasteiger charge is -2.13. The van der Waals surface area contributed by atoms with Gasteiger partial charge in [-0.15, -0.1) is 0 Å². The number of pyridine rings is 1. The second-order valence-electron chi connectivity index (χ2n) is 4.56. The van der Waals surface area contributed by atoms with E-state index in [1.807, 2.05) is 31.2 Å². The predicted molar refractivity (Wildman–Crippen MR) is 84.0 cm³/mol. The third-order valence-corrected chi connectivity index (χ3v) is 3.55. The predicted octanol–water partition coefficient (Wildman–Crippen LogP) is 3.86. The zero-order valence-corrected chi connectivity index (χ0v) is 13.3. The van der Waals surface area contributed by atoms with E-state index in [2.05, 4.69) is 26.2 Å². The number of amides is 1. The number of aromatic nitrogens is 1. The van der Waals surface area contributed by atoms with Crippen molar-refractivity contribution in [1.29, 1.82) is 0 Å². The van der Waals surface area contributed by atoms with Crippen LogP contribution >= 0.6 is 27.5 Å². The fraction of sp³-hybridized carbons (Fsp3) is 0.200. The third kappa shape index (κ3) is 4.32. The number of hydrogen-bond acceptors (Lipinski definition) is 2. The molecule has 0 fully saturated rings. The van der Waals surface area contributed by atoms with Crippen LogP contribution in [0.4, 0.5) is 0 Å². The van der Waals surface area contributed by atoms with E-state index in [0.717, 1.165) is 10.9 Å². The summed E-state index contributed by atoms with van der Waals surface area (Å²) in [7, 11) is 0. The first kappa shape index (κ1) is 15.0. The summed E-state index contributed by atoms with van der Waals surface area (Å²) >= 11 is 9.24. The molecular weight excluding hydrogens is 340 g/mol. The second kappa shape index (κ2) is 6.86. The summed E-state index contributed by atoms with van der Waals surface area (Å²) in [4.78, 5) is 16.0. The third-order valence-electron chi connectivity index (χ3n) is 2.79. The van der Waals surface area contributed by atoms with Crippen molar-refractivity contribution in [1.82, 2.24) is 10.3 Å². The van der Waals surface area contributed by atoms with Gasteiger partial charge < -0.3 is 5.32 Å². The minimum Gasteiger partial charge on any atom is -0.348 e. The van der Waals surface area contributed by atoms with Gasteiger partial charge in [-0.3, -0.25) is 9.78 Å². The Morgan fingerprint density at radius 3 is 2.70 bits per heavy atom. The summed E-state index contributed by atoms with van der Waals surface area (Å²) in [5.74, 6) is -0.211. The fourth-order valence-corrected chi connectivity index (χ4v) is 2.28. The normalized spacial score (nSPS) is 11.9. The van der Waals surface area contributed by atoms with Gasteiger partial charge in [0.15, 0.2) is 0 Å². The Kier molecular flexibility index (Phi) is 5.15. The van der Waals surface area contributed by atoms with Crippen LogP contribution in [-0.2, 0) is 6.42 Å². The van der Waals surface area contributed by atoms with Crippen molar-refractivity contribution in [2.45, 2.75) is 19.4 Å². The number of benzene rings is 1. The molecule has 104 valence electrons. The van der Waals surface area contributed by atoms with Crippen LogP contribution in [0.25, 0.3) is 0 Å². The van der Waals surface area contributed by atoms with Crippen LogP contribution in [-0.4, -0.2) is 16.9 Å². The van der Waals surface area contributed by atoms with E-state index in [-0.39, 0.29) is 11.9 Å². The molecular formula is C15H14BrClN2O. The quantitative estimate of drug-likeness (QED) is 0.907. The molecule has 1 heterocycles. The summed E-state index contributed by atoms with van der Waals surface area (Å²) in [6, 6.07) is 11.3. The largest absolute Gasteiger partial charge is 0.348 e. The van der Waals surface area contributed by atoms with Crippen LogP contribution in [0.5, 0.6) is 0 Å². The average Bonchev–Trinajstić information content (AvgIpc) is 2.41. The molecule has 1 aromatic carbocycles. The van der Waals surface area contributed by atoms with E-state index in [0.29, 0.717) is 10.7 Å². The lowest BCUT2D eigenvalue weighted by Crippen LogP contribution is -2.34. The van der Waals surface area contributed by atoms with Crippen molar-refractivity contribution in [3.05, 3.63) is 63.3 Å². The topological polar surface area (TPSA) is 42.0 Å². The fourth-order valence-electron chi connectivity index (χ4n) is 1.85. The van der Waals surface area contributed by atoms with Gasteiger partial charge in [0, 0.05) is 21.7 Å². The monoisotopic (exact) mass is 352 g/mol. The van der Waals surface area contributed by atoms with Gasteiger partial charge >= 0.3 is 0 Å². The Labute approximate surface area is 131 Å². The number of nitrogens with one attached hydrogen (secondary N) is 1. The van der Waals surface area contributed by atoms with Gasteiger partial charge in [0.25, 0.3) is 5.91 Å². The molecule has 20 heavy (non-hydrogen) atoms. The molecule has 0 aliphatic heterocycles. The Bertz CT molecular complexity index is 601. The lowest BCUT2D eigenvalue weighted by molar-refractivity contribution is 0.0935. The van der Waals surface area contributed by atoms with E-state index >= 15 is 0 Å². The molecule has 1 unspecified atom stereocenters. The molecule has 0 saturated carbocycles. The average molecular weight is 354 g/mol. The highest BCUT2D eigenvalue weighted by Gasteiger charge is 2.11. The Morgan fingerprint density at radius 2 is 2.05 bits per heavy atom. The first-order chi connectivity index (χ1) is 9.54. The Morgan fingerprint density at radius 1 is 1.35 bits per heavy atom. The molecule has 0 radical (unpaired) electrons. The lowest BCUT2D eigenvalue weighted by atomic mass is 10.1. The van der Waals surface area contributed by atoms with Crippen molar-refractivity contribution in [2.75, 3.05) is 0 Å². The van der Waals surface area contributed by atoms with Crippen molar-refractivity contribution in [3.8, 4) is 0 Å². The number of nitrogens with zero attached hydrogens (tertiary/aromatic N) is 1. The van der Waals surface area contributed by atoms with Crippen LogP contribution in [0.3, 0.4) is 0 Å². The van der Waals surface area contributed by atoms with Crippen LogP contribution in [0.1, 0.15) is 23.0 Å². The molecule has 1 atom stereocenters. The molecule has 0 spiro atoms. The molecule has 2 rings (SSSR count). The van der Waals surface area contributed by atoms with Crippen LogP contribution in [0.2, 0.25) is 5.02 Å². The summed E-state index contributed by atoms with van der Waals surface area (Å²) in [5, 5.41) is 3.42. The molecule has 0 bridgehead atoms. The van der Waals surface area contributed by atoms with E-state index in [1.54, 1.807) is 12.1 Å². The van der Waals surface area contributed by atoms with Gasteiger partial charge in [-0.2, -0.15) is 0 Å². The van der Waals surface area contributed by atoms with Crippen molar-refractivity contribution >= 4 is 33.4 Å². The Hall–Kier alpha value is -1.39. The molecule has 0 aliphatic rings. The highest BCUT2D eigenvalue weighted by atomic mass is 79.9. The molecule has 0 saturated heterocycles. The van der Waals surface area contributed by atoms with Crippen LogP contribution < -0.4 is 5.32 Å². The van der Waals surface area contributed by atoms with Crippen LogP contribution in [0.15, 0.2) is 47.1 Å². The van der Waals surface area contributed by atoms with E-state index < -0.39 is 0 Å². The van der Waals surface area contributed by atoms with Gasteiger partial charge in [-0.25, -0.2) is 0 Å². The van der Waals surface area contributed by atoms with Crippen LogP contribution in [0, 0.1) is 0 Å². The summed E-state index contributed by atoms with van der Waals surface area (Å²) in [5.41, 5.74) is 1.50. The molecule has 1 N–H and O–H groups in total. The maximum Gasteiger partial charge on any atom is 0.270 e. The number of carbonyl (C=O) groups excluding carboxylic acids is 1. The van der Waals surface area contributed by atoms with E-state index in [1.165, 1.54) is 11.8 Å².